The minimum Gasteiger partial charge on any atom is -0.480 e. The van der Waals surface area contributed by atoms with Gasteiger partial charge in [0.2, 0.25) is 0 Å². The second-order valence-corrected chi connectivity index (χ2v) is 4.28. The number of hydrogen-bond acceptors (Lipinski definition) is 4. The van der Waals surface area contributed by atoms with Gasteiger partial charge in [-0.05, 0) is 13.8 Å². The minimum absolute atomic E-state index is 0.0524. The molecule has 0 unspecified atom stereocenters. The number of nitrogens with zero attached hydrogens (tertiary/aromatic N) is 2. The minimum atomic E-state index is -1.20. The maximum absolute atomic E-state index is 11.6. The van der Waals surface area contributed by atoms with E-state index >= 15 is 0 Å². The van der Waals surface area contributed by atoms with Crippen molar-refractivity contribution in [3.05, 3.63) is 12.3 Å². The molecule has 0 aliphatic heterocycles. The van der Waals surface area contributed by atoms with Crippen LogP contribution in [0, 0.1) is 0 Å². The van der Waals surface area contributed by atoms with Crippen molar-refractivity contribution in [1.29, 1.82) is 0 Å². The Labute approximate surface area is 110 Å². The van der Waals surface area contributed by atoms with Crippen LogP contribution in [0.3, 0.4) is 0 Å². The first-order valence-electron chi connectivity index (χ1n) is 5.90. The molecule has 1 aromatic rings. The zero-order valence-electron chi connectivity index (χ0n) is 10.8. The van der Waals surface area contributed by atoms with Crippen LogP contribution < -0.4 is 10.6 Å². The van der Waals surface area contributed by atoms with Crippen LogP contribution in [0.4, 0.5) is 10.6 Å². The molecule has 2 amide bonds. The van der Waals surface area contributed by atoms with Crippen LogP contribution in [0.2, 0.25) is 0 Å². The highest BCUT2D eigenvalue weighted by Gasteiger charge is 2.19. The van der Waals surface area contributed by atoms with E-state index in [-0.39, 0.29) is 19.1 Å². The summed E-state index contributed by atoms with van der Waals surface area (Å²) in [5, 5.41) is 26.3. The Balaban J connectivity index is 2.56. The lowest BCUT2D eigenvalue weighted by Gasteiger charge is -2.13. The van der Waals surface area contributed by atoms with E-state index in [1.807, 2.05) is 13.8 Å². The molecule has 0 spiro atoms. The normalized spacial score (nSPS) is 12.2. The smallest absolute Gasteiger partial charge is 0.326 e. The Morgan fingerprint density at radius 3 is 2.63 bits per heavy atom. The first-order chi connectivity index (χ1) is 8.93. The molecule has 0 aromatic carbocycles. The van der Waals surface area contributed by atoms with E-state index < -0.39 is 18.0 Å². The van der Waals surface area contributed by atoms with Crippen molar-refractivity contribution < 1.29 is 19.8 Å². The second kappa shape index (κ2) is 6.74. The molecule has 0 aliphatic carbocycles. The summed E-state index contributed by atoms with van der Waals surface area (Å²) in [6.07, 6.45) is 1.66. The molecule has 0 aliphatic rings. The molecular weight excluding hydrogens is 252 g/mol. The SMILES string of the molecule is CC(C)n1ccc(NC(=O)N[C@@H](CCO)C(=O)O)n1. The van der Waals surface area contributed by atoms with Gasteiger partial charge in [-0.25, -0.2) is 9.59 Å². The third-order valence-corrected chi connectivity index (χ3v) is 2.40. The lowest BCUT2D eigenvalue weighted by Crippen LogP contribution is -2.43. The van der Waals surface area contributed by atoms with Crippen molar-refractivity contribution in [2.75, 3.05) is 11.9 Å². The van der Waals surface area contributed by atoms with E-state index in [0.29, 0.717) is 5.82 Å². The van der Waals surface area contributed by atoms with Crippen LogP contribution in [0.5, 0.6) is 0 Å². The fraction of sp³-hybridized carbons (Fsp3) is 0.545. The average molecular weight is 270 g/mol. The van der Waals surface area contributed by atoms with Gasteiger partial charge in [-0.2, -0.15) is 5.10 Å². The Kier molecular flexibility index (Phi) is 5.31. The Hall–Kier alpha value is -2.09. The number of urea groups is 1. The van der Waals surface area contributed by atoms with Crippen molar-refractivity contribution in [2.45, 2.75) is 32.4 Å². The molecule has 0 fully saturated rings. The number of amides is 2. The standard InChI is InChI=1S/C11H18N4O4/c1-7(2)15-5-3-9(14-15)13-11(19)12-8(4-6-16)10(17)18/h3,5,7-8,16H,4,6H2,1-2H3,(H,17,18)(H2,12,13,14,19)/t8-/m0/s1. The van der Waals surface area contributed by atoms with Gasteiger partial charge >= 0.3 is 12.0 Å². The number of aromatic nitrogens is 2. The summed E-state index contributed by atoms with van der Waals surface area (Å²) in [5.74, 6) is -0.865. The van der Waals surface area contributed by atoms with Crippen LogP contribution in [-0.4, -0.2) is 44.6 Å². The second-order valence-electron chi connectivity index (χ2n) is 4.28. The van der Waals surface area contributed by atoms with E-state index in [2.05, 4.69) is 15.7 Å². The van der Waals surface area contributed by atoms with Gasteiger partial charge in [0, 0.05) is 31.3 Å². The van der Waals surface area contributed by atoms with Gasteiger partial charge in [-0.3, -0.25) is 10.00 Å². The third kappa shape index (κ3) is 4.59. The van der Waals surface area contributed by atoms with Gasteiger partial charge in [0.05, 0.1) is 0 Å². The molecule has 8 nitrogen and oxygen atoms in total. The summed E-state index contributed by atoms with van der Waals surface area (Å²) >= 11 is 0. The molecule has 19 heavy (non-hydrogen) atoms. The molecule has 0 radical (unpaired) electrons. The number of nitrogens with one attached hydrogen (secondary N) is 2. The molecule has 1 atom stereocenters. The van der Waals surface area contributed by atoms with E-state index in [0.717, 1.165) is 0 Å². The summed E-state index contributed by atoms with van der Waals surface area (Å²) < 4.78 is 1.66. The monoisotopic (exact) mass is 270 g/mol. The van der Waals surface area contributed by atoms with E-state index in [1.165, 1.54) is 0 Å². The van der Waals surface area contributed by atoms with Crippen molar-refractivity contribution in [1.82, 2.24) is 15.1 Å². The van der Waals surface area contributed by atoms with Gasteiger partial charge in [-0.15, -0.1) is 0 Å². The van der Waals surface area contributed by atoms with Crippen LogP contribution in [0.15, 0.2) is 12.3 Å². The topological polar surface area (TPSA) is 116 Å². The number of carboxylic acids is 1. The number of aliphatic carboxylic acids is 1. The molecule has 106 valence electrons. The van der Waals surface area contributed by atoms with Crippen molar-refractivity contribution in [2.24, 2.45) is 0 Å². The average Bonchev–Trinajstić information content (AvgIpc) is 2.76. The summed E-state index contributed by atoms with van der Waals surface area (Å²) in [5.41, 5.74) is 0. The number of anilines is 1. The summed E-state index contributed by atoms with van der Waals surface area (Å²) in [4.78, 5) is 22.4. The number of aliphatic hydroxyl groups excluding tert-OH is 1. The molecule has 8 heteroatoms. The van der Waals surface area contributed by atoms with Gasteiger partial charge in [0.1, 0.15) is 6.04 Å². The lowest BCUT2D eigenvalue weighted by atomic mass is 10.2. The number of hydrogen-bond donors (Lipinski definition) is 4. The Morgan fingerprint density at radius 2 is 2.16 bits per heavy atom. The van der Waals surface area contributed by atoms with Crippen LogP contribution in [0.25, 0.3) is 0 Å². The largest absolute Gasteiger partial charge is 0.480 e. The Bertz CT molecular complexity index is 444. The van der Waals surface area contributed by atoms with Crippen LogP contribution in [-0.2, 0) is 4.79 Å². The highest BCUT2D eigenvalue weighted by Crippen LogP contribution is 2.07. The highest BCUT2D eigenvalue weighted by atomic mass is 16.4. The predicted octanol–water partition coefficient (Wildman–Crippen LogP) is 0.421. The van der Waals surface area contributed by atoms with Crippen LogP contribution in [0.1, 0.15) is 26.3 Å². The zero-order chi connectivity index (χ0) is 14.4. The first-order valence-corrected chi connectivity index (χ1v) is 5.90. The number of carbonyl (C=O) groups excluding carboxylic acids is 1. The molecule has 1 aromatic heterocycles. The summed E-state index contributed by atoms with van der Waals surface area (Å²) in [6, 6.07) is -0.0201. The summed E-state index contributed by atoms with van der Waals surface area (Å²) in [6.45, 7) is 3.57. The predicted molar refractivity (Wildman–Crippen MR) is 67.9 cm³/mol. The van der Waals surface area contributed by atoms with Gasteiger partial charge in [0.15, 0.2) is 5.82 Å². The number of carbonyl (C=O) groups is 2. The molecule has 4 N–H and O–H groups in total. The van der Waals surface area contributed by atoms with E-state index in [1.54, 1.807) is 16.9 Å². The van der Waals surface area contributed by atoms with Gasteiger partial charge < -0.3 is 15.5 Å². The maximum atomic E-state index is 11.6. The molecule has 1 rings (SSSR count). The van der Waals surface area contributed by atoms with Crippen LogP contribution >= 0.6 is 0 Å². The van der Waals surface area contributed by atoms with Crippen molar-refractivity contribution in [3.63, 3.8) is 0 Å². The van der Waals surface area contributed by atoms with Crippen molar-refractivity contribution >= 4 is 17.8 Å². The first kappa shape index (κ1) is 15.0. The van der Waals surface area contributed by atoms with Crippen molar-refractivity contribution in [3.8, 4) is 0 Å². The molecule has 0 saturated heterocycles. The quantitative estimate of drug-likeness (QED) is 0.597. The Morgan fingerprint density at radius 1 is 1.47 bits per heavy atom. The van der Waals surface area contributed by atoms with E-state index in [4.69, 9.17) is 10.2 Å². The maximum Gasteiger partial charge on any atom is 0.326 e. The van der Waals surface area contributed by atoms with E-state index in [9.17, 15) is 9.59 Å². The lowest BCUT2D eigenvalue weighted by molar-refractivity contribution is -0.139. The molecule has 1 heterocycles. The number of rotatable bonds is 6. The number of carboxylic acid groups (broad SMARTS) is 1. The number of aliphatic hydroxyl groups is 1. The van der Waals surface area contributed by atoms with Gasteiger partial charge in [0.25, 0.3) is 0 Å². The third-order valence-electron chi connectivity index (χ3n) is 2.40. The molecular formula is C11H18N4O4. The van der Waals surface area contributed by atoms with Gasteiger partial charge in [-0.1, -0.05) is 0 Å². The summed E-state index contributed by atoms with van der Waals surface area (Å²) in [7, 11) is 0. The fourth-order valence-electron chi connectivity index (χ4n) is 1.39. The fourth-order valence-corrected chi connectivity index (χ4v) is 1.39. The highest BCUT2D eigenvalue weighted by molar-refractivity contribution is 5.91. The zero-order valence-corrected chi connectivity index (χ0v) is 10.8. The molecule has 0 bridgehead atoms. The molecule has 0 saturated carbocycles.